The number of para-hydroxylation sites is 1. The van der Waals surface area contributed by atoms with Gasteiger partial charge in [0, 0.05) is 35.9 Å². The molecule has 1 aromatic heterocycles. The SMILES string of the molecule is Cc1ccc(Cl)cc1NC(=O)N1C[C@H]2CC[C@@H](C1)N2Cc1nc2ccccc2c(=O)[nH]1. The molecule has 2 amide bonds. The van der Waals surface area contributed by atoms with Crippen molar-refractivity contribution in [2.75, 3.05) is 18.4 Å². The number of hydrogen-bond donors (Lipinski definition) is 2. The summed E-state index contributed by atoms with van der Waals surface area (Å²) in [6.07, 6.45) is 2.06. The smallest absolute Gasteiger partial charge is 0.321 e. The molecule has 0 radical (unpaired) electrons. The summed E-state index contributed by atoms with van der Waals surface area (Å²) < 4.78 is 0. The first-order valence-electron chi connectivity index (χ1n) is 10.5. The lowest BCUT2D eigenvalue weighted by atomic mass is 10.2. The normalized spacial score (nSPS) is 20.9. The number of piperazine rings is 1. The number of H-pyrrole nitrogens is 1. The maximum absolute atomic E-state index is 12.9. The van der Waals surface area contributed by atoms with Gasteiger partial charge in [-0.1, -0.05) is 29.8 Å². The molecule has 2 fully saturated rings. The van der Waals surface area contributed by atoms with Crippen molar-refractivity contribution in [3.05, 3.63) is 69.2 Å². The number of likely N-dealkylation sites (tertiary alicyclic amines) is 1. The number of hydrogen-bond acceptors (Lipinski definition) is 4. The third-order valence-corrected chi connectivity index (χ3v) is 6.59. The zero-order chi connectivity index (χ0) is 21.5. The molecule has 0 spiro atoms. The van der Waals surface area contributed by atoms with Crippen molar-refractivity contribution in [3.63, 3.8) is 0 Å². The van der Waals surface area contributed by atoms with Crippen LogP contribution in [0.4, 0.5) is 10.5 Å². The van der Waals surface area contributed by atoms with E-state index in [1.807, 2.05) is 42.2 Å². The van der Waals surface area contributed by atoms with Gasteiger partial charge in [-0.25, -0.2) is 9.78 Å². The highest BCUT2D eigenvalue weighted by Gasteiger charge is 2.41. The Bertz CT molecular complexity index is 1200. The summed E-state index contributed by atoms with van der Waals surface area (Å²) in [5.74, 6) is 0.674. The lowest BCUT2D eigenvalue weighted by molar-refractivity contribution is 0.0791. The van der Waals surface area contributed by atoms with Gasteiger partial charge in [-0.2, -0.15) is 0 Å². The second kappa shape index (κ2) is 7.98. The van der Waals surface area contributed by atoms with E-state index in [2.05, 4.69) is 20.2 Å². The van der Waals surface area contributed by atoms with Gasteiger partial charge < -0.3 is 15.2 Å². The summed E-state index contributed by atoms with van der Waals surface area (Å²) >= 11 is 6.08. The number of fused-ring (bicyclic) bond motifs is 3. The number of aromatic amines is 1. The Hall–Kier alpha value is -2.90. The Morgan fingerprint density at radius 1 is 1.19 bits per heavy atom. The van der Waals surface area contributed by atoms with Gasteiger partial charge >= 0.3 is 6.03 Å². The fourth-order valence-corrected chi connectivity index (χ4v) is 4.89. The van der Waals surface area contributed by atoms with Crippen LogP contribution in [0.1, 0.15) is 24.2 Å². The predicted octanol–water partition coefficient (Wildman–Crippen LogP) is 3.77. The number of benzene rings is 2. The molecule has 3 aromatic rings. The molecular formula is C23H24ClN5O2. The summed E-state index contributed by atoms with van der Waals surface area (Å²) in [5, 5.41) is 4.21. The van der Waals surface area contributed by atoms with Crippen LogP contribution < -0.4 is 10.9 Å². The number of carbonyl (C=O) groups excluding carboxylic acids is 1. The van der Waals surface area contributed by atoms with Crippen molar-refractivity contribution in [2.45, 2.75) is 38.4 Å². The Labute approximate surface area is 185 Å². The van der Waals surface area contributed by atoms with Crippen LogP contribution in [0.15, 0.2) is 47.3 Å². The molecule has 3 heterocycles. The van der Waals surface area contributed by atoms with Gasteiger partial charge in [0.15, 0.2) is 0 Å². The summed E-state index contributed by atoms with van der Waals surface area (Å²) in [4.78, 5) is 37.1. The highest BCUT2D eigenvalue weighted by atomic mass is 35.5. The Kier molecular flexibility index (Phi) is 5.16. The van der Waals surface area contributed by atoms with Crippen LogP contribution >= 0.6 is 11.6 Å². The van der Waals surface area contributed by atoms with E-state index in [4.69, 9.17) is 11.6 Å². The van der Waals surface area contributed by atoms with E-state index < -0.39 is 0 Å². The minimum Gasteiger partial charge on any atom is -0.321 e. The Morgan fingerprint density at radius 3 is 2.71 bits per heavy atom. The van der Waals surface area contributed by atoms with Gasteiger partial charge in [0.1, 0.15) is 5.82 Å². The number of aryl methyl sites for hydroxylation is 1. The summed E-state index contributed by atoms with van der Waals surface area (Å²) in [6, 6.07) is 13.3. The van der Waals surface area contributed by atoms with Crippen molar-refractivity contribution in [1.29, 1.82) is 0 Å². The molecule has 2 saturated heterocycles. The third kappa shape index (κ3) is 3.91. The minimum absolute atomic E-state index is 0.0980. The Balaban J connectivity index is 1.29. The molecule has 8 heteroatoms. The first kappa shape index (κ1) is 20.0. The van der Waals surface area contributed by atoms with Crippen molar-refractivity contribution < 1.29 is 4.79 Å². The van der Waals surface area contributed by atoms with Crippen LogP contribution in [0.2, 0.25) is 5.02 Å². The summed E-state index contributed by atoms with van der Waals surface area (Å²) in [7, 11) is 0. The van der Waals surface area contributed by atoms with E-state index >= 15 is 0 Å². The van der Waals surface area contributed by atoms with Gasteiger partial charge in [0.2, 0.25) is 0 Å². The molecule has 2 aliphatic rings. The minimum atomic E-state index is -0.108. The number of amides is 2. The van der Waals surface area contributed by atoms with Crippen molar-refractivity contribution in [1.82, 2.24) is 19.8 Å². The molecule has 0 saturated carbocycles. The van der Waals surface area contributed by atoms with Crippen LogP contribution in [0.3, 0.4) is 0 Å². The lowest BCUT2D eigenvalue weighted by Crippen LogP contribution is -2.55. The predicted molar refractivity (Wildman–Crippen MR) is 121 cm³/mol. The van der Waals surface area contributed by atoms with Crippen LogP contribution in [-0.2, 0) is 6.54 Å². The molecule has 2 aliphatic heterocycles. The second-order valence-corrected chi connectivity index (χ2v) is 8.82. The zero-order valence-electron chi connectivity index (χ0n) is 17.3. The lowest BCUT2D eigenvalue weighted by Gasteiger charge is -2.40. The molecule has 0 aliphatic carbocycles. The van der Waals surface area contributed by atoms with E-state index in [0.29, 0.717) is 41.4 Å². The van der Waals surface area contributed by atoms with E-state index in [1.54, 1.807) is 12.1 Å². The molecule has 2 bridgehead atoms. The molecule has 2 N–H and O–H groups in total. The maximum Gasteiger partial charge on any atom is 0.321 e. The quantitative estimate of drug-likeness (QED) is 0.653. The number of aromatic nitrogens is 2. The number of carbonyl (C=O) groups is 1. The largest absolute Gasteiger partial charge is 0.321 e. The van der Waals surface area contributed by atoms with E-state index in [9.17, 15) is 9.59 Å². The highest BCUT2D eigenvalue weighted by Crippen LogP contribution is 2.32. The fourth-order valence-electron chi connectivity index (χ4n) is 4.72. The standard InChI is InChI=1S/C23H24ClN5O2/c1-14-6-7-15(24)10-20(14)26-23(31)28-11-16-8-9-17(12-28)29(16)13-21-25-19-5-3-2-4-18(19)22(30)27-21/h2-7,10,16-17H,8-9,11-13H2,1H3,(H,26,31)(H,25,27,30)/t16-,17+. The summed E-state index contributed by atoms with van der Waals surface area (Å²) in [6.45, 7) is 3.84. The van der Waals surface area contributed by atoms with Crippen molar-refractivity contribution >= 4 is 34.2 Å². The van der Waals surface area contributed by atoms with Crippen LogP contribution in [0.25, 0.3) is 10.9 Å². The number of anilines is 1. The van der Waals surface area contributed by atoms with Crippen LogP contribution in [0.5, 0.6) is 0 Å². The number of nitrogens with one attached hydrogen (secondary N) is 2. The van der Waals surface area contributed by atoms with E-state index in [-0.39, 0.29) is 23.7 Å². The zero-order valence-corrected chi connectivity index (χ0v) is 18.0. The topological polar surface area (TPSA) is 81.3 Å². The number of halogens is 1. The number of nitrogens with zero attached hydrogens (tertiary/aromatic N) is 3. The molecule has 0 unspecified atom stereocenters. The number of urea groups is 1. The molecule has 2 aromatic carbocycles. The third-order valence-electron chi connectivity index (χ3n) is 6.36. The van der Waals surface area contributed by atoms with Gasteiger partial charge in [-0.3, -0.25) is 9.69 Å². The van der Waals surface area contributed by atoms with Crippen molar-refractivity contribution in [3.8, 4) is 0 Å². The van der Waals surface area contributed by atoms with Crippen LogP contribution in [-0.4, -0.2) is 51.0 Å². The Morgan fingerprint density at radius 2 is 1.94 bits per heavy atom. The van der Waals surface area contributed by atoms with Gasteiger partial charge in [0.25, 0.3) is 5.56 Å². The van der Waals surface area contributed by atoms with E-state index in [1.165, 1.54) is 0 Å². The molecule has 5 rings (SSSR count). The second-order valence-electron chi connectivity index (χ2n) is 8.38. The fraction of sp³-hybridized carbons (Fsp3) is 0.348. The van der Waals surface area contributed by atoms with Gasteiger partial charge in [-0.05, 0) is 49.6 Å². The van der Waals surface area contributed by atoms with Gasteiger partial charge in [0.05, 0.1) is 17.4 Å². The highest BCUT2D eigenvalue weighted by molar-refractivity contribution is 6.31. The molecule has 31 heavy (non-hydrogen) atoms. The first-order valence-corrected chi connectivity index (χ1v) is 10.9. The first-order chi connectivity index (χ1) is 15.0. The number of rotatable bonds is 3. The van der Waals surface area contributed by atoms with Crippen LogP contribution in [0, 0.1) is 6.92 Å². The monoisotopic (exact) mass is 437 g/mol. The molecule has 2 atom stereocenters. The maximum atomic E-state index is 12.9. The van der Waals surface area contributed by atoms with E-state index in [0.717, 1.165) is 24.1 Å². The summed E-state index contributed by atoms with van der Waals surface area (Å²) in [5.41, 5.74) is 2.32. The van der Waals surface area contributed by atoms with Gasteiger partial charge in [-0.15, -0.1) is 0 Å². The average molecular weight is 438 g/mol. The average Bonchev–Trinajstić information content (AvgIpc) is 2.97. The van der Waals surface area contributed by atoms with Crippen molar-refractivity contribution in [2.24, 2.45) is 0 Å². The molecule has 7 nitrogen and oxygen atoms in total. The molecular weight excluding hydrogens is 414 g/mol. The molecule has 160 valence electrons.